The Bertz CT molecular complexity index is 840. The highest BCUT2D eigenvalue weighted by Gasteiger charge is 2.36. The van der Waals surface area contributed by atoms with Gasteiger partial charge in [0.15, 0.2) is 0 Å². The van der Waals surface area contributed by atoms with E-state index in [0.717, 1.165) is 17.7 Å². The lowest BCUT2D eigenvalue weighted by Gasteiger charge is -2.18. The van der Waals surface area contributed by atoms with E-state index in [1.807, 2.05) is 6.07 Å². The third kappa shape index (κ3) is 3.70. The molecule has 1 atom stereocenters. The molecule has 0 spiro atoms. The zero-order valence-electron chi connectivity index (χ0n) is 15.3. The molecule has 5 nitrogen and oxygen atoms in total. The number of carbonyl (C=O) groups is 2. The SMILES string of the molecule is COC(=O)c1c(C)[nH]c(C(=O)C[NH+](Cc2ccccc2F)C2CC2)c1C. The van der Waals surface area contributed by atoms with Crippen LogP contribution in [0.25, 0.3) is 0 Å². The van der Waals surface area contributed by atoms with Crippen LogP contribution in [0.4, 0.5) is 4.39 Å². The number of methoxy groups -OCH3 is 1. The molecule has 2 N–H and O–H groups in total. The van der Waals surface area contributed by atoms with Crippen molar-refractivity contribution < 1.29 is 23.6 Å². The lowest BCUT2D eigenvalue weighted by atomic mass is 10.1. The summed E-state index contributed by atoms with van der Waals surface area (Å²) in [7, 11) is 1.32. The summed E-state index contributed by atoms with van der Waals surface area (Å²) in [6, 6.07) is 7.08. The summed E-state index contributed by atoms with van der Waals surface area (Å²) in [6.45, 7) is 4.24. The highest BCUT2D eigenvalue weighted by molar-refractivity contribution is 6.01. The first kappa shape index (κ1) is 18.3. The number of aryl methyl sites for hydroxylation is 1. The molecule has 26 heavy (non-hydrogen) atoms. The normalized spacial score (nSPS) is 14.9. The van der Waals surface area contributed by atoms with Crippen LogP contribution in [-0.4, -0.2) is 36.4 Å². The lowest BCUT2D eigenvalue weighted by molar-refractivity contribution is -0.916. The van der Waals surface area contributed by atoms with E-state index >= 15 is 0 Å². The average Bonchev–Trinajstić information content (AvgIpc) is 3.41. The molecule has 1 aromatic heterocycles. The molecule has 138 valence electrons. The molecule has 6 heteroatoms. The van der Waals surface area contributed by atoms with Crippen LogP contribution >= 0.6 is 0 Å². The molecule has 1 fully saturated rings. The van der Waals surface area contributed by atoms with Crippen LogP contribution in [0.2, 0.25) is 0 Å². The van der Waals surface area contributed by atoms with Crippen LogP contribution in [0.3, 0.4) is 0 Å². The summed E-state index contributed by atoms with van der Waals surface area (Å²) in [5.41, 5.74) is 2.71. The van der Waals surface area contributed by atoms with Gasteiger partial charge in [-0.25, -0.2) is 9.18 Å². The van der Waals surface area contributed by atoms with Crippen molar-refractivity contribution in [1.29, 1.82) is 0 Å². The van der Waals surface area contributed by atoms with Crippen molar-refractivity contribution in [3.63, 3.8) is 0 Å². The van der Waals surface area contributed by atoms with Gasteiger partial charge in [-0.05, 0) is 25.5 Å². The molecule has 3 rings (SSSR count). The van der Waals surface area contributed by atoms with Gasteiger partial charge < -0.3 is 14.6 Å². The quantitative estimate of drug-likeness (QED) is 0.587. The monoisotopic (exact) mass is 359 g/mol. The Morgan fingerprint density at radius 2 is 1.96 bits per heavy atom. The first-order valence-electron chi connectivity index (χ1n) is 8.81. The highest BCUT2D eigenvalue weighted by Crippen LogP contribution is 2.20. The van der Waals surface area contributed by atoms with Crippen LogP contribution < -0.4 is 4.90 Å². The topological polar surface area (TPSA) is 63.6 Å². The van der Waals surface area contributed by atoms with Crippen molar-refractivity contribution in [1.82, 2.24) is 4.98 Å². The van der Waals surface area contributed by atoms with E-state index in [-0.39, 0.29) is 18.1 Å². The maximum Gasteiger partial charge on any atom is 0.339 e. The Balaban J connectivity index is 1.79. The largest absolute Gasteiger partial charge is 0.465 e. The summed E-state index contributed by atoms with van der Waals surface area (Å²) in [5, 5.41) is 0. The molecule has 1 aliphatic rings. The fourth-order valence-electron chi connectivity index (χ4n) is 3.46. The van der Waals surface area contributed by atoms with E-state index in [1.54, 1.807) is 26.0 Å². The number of ketones is 1. The average molecular weight is 359 g/mol. The van der Waals surface area contributed by atoms with Gasteiger partial charge in [-0.2, -0.15) is 0 Å². The van der Waals surface area contributed by atoms with Crippen molar-refractivity contribution >= 4 is 11.8 Å². The van der Waals surface area contributed by atoms with Gasteiger partial charge in [-0.15, -0.1) is 0 Å². The minimum atomic E-state index is -0.451. The van der Waals surface area contributed by atoms with E-state index in [1.165, 1.54) is 13.2 Å². The lowest BCUT2D eigenvalue weighted by Crippen LogP contribution is -3.13. The third-order valence-corrected chi connectivity index (χ3v) is 5.02. The smallest absolute Gasteiger partial charge is 0.339 e. The zero-order valence-corrected chi connectivity index (χ0v) is 15.3. The van der Waals surface area contributed by atoms with Crippen molar-refractivity contribution in [3.8, 4) is 0 Å². The molecule has 0 bridgehead atoms. The summed E-state index contributed by atoms with van der Waals surface area (Å²) in [6.07, 6.45) is 2.10. The number of quaternary nitrogens is 1. The standard InChI is InChI=1S/C20H23FN2O3/c1-12-18(20(25)26-3)13(2)22-19(12)17(24)11-23(15-8-9-15)10-14-6-4-5-7-16(14)21/h4-7,15,22H,8-11H2,1-3H3/p+1. The van der Waals surface area contributed by atoms with E-state index < -0.39 is 5.97 Å². The second-order valence-electron chi connectivity index (χ2n) is 6.92. The number of aromatic nitrogens is 1. The second-order valence-corrected chi connectivity index (χ2v) is 6.92. The Hall–Kier alpha value is -2.47. The molecule has 1 aromatic carbocycles. The number of halogens is 1. The number of benzene rings is 1. The molecular weight excluding hydrogens is 335 g/mol. The van der Waals surface area contributed by atoms with Gasteiger partial charge in [-0.1, -0.05) is 18.2 Å². The van der Waals surface area contributed by atoms with E-state index in [0.29, 0.717) is 40.7 Å². The van der Waals surface area contributed by atoms with Crippen LogP contribution in [0.15, 0.2) is 24.3 Å². The fraction of sp³-hybridized carbons (Fsp3) is 0.400. The second kappa shape index (κ2) is 7.41. The van der Waals surface area contributed by atoms with Gasteiger partial charge in [0, 0.05) is 24.1 Å². The maximum atomic E-state index is 14.0. The molecule has 0 radical (unpaired) electrons. The first-order valence-corrected chi connectivity index (χ1v) is 8.81. The minimum absolute atomic E-state index is 0.0704. The molecule has 0 aliphatic heterocycles. The number of hydrogen-bond donors (Lipinski definition) is 2. The Morgan fingerprint density at radius 1 is 1.27 bits per heavy atom. The fourth-order valence-corrected chi connectivity index (χ4v) is 3.46. The Kier molecular flexibility index (Phi) is 5.23. The summed E-state index contributed by atoms with van der Waals surface area (Å²) in [4.78, 5) is 28.9. The molecule has 0 amide bonds. The van der Waals surface area contributed by atoms with Crippen molar-refractivity contribution in [2.75, 3.05) is 13.7 Å². The molecule has 1 saturated carbocycles. The number of hydrogen-bond acceptors (Lipinski definition) is 3. The number of rotatable bonds is 7. The summed E-state index contributed by atoms with van der Waals surface area (Å²) >= 11 is 0. The Morgan fingerprint density at radius 3 is 2.58 bits per heavy atom. The van der Waals surface area contributed by atoms with E-state index in [2.05, 4.69) is 4.98 Å². The number of carbonyl (C=O) groups excluding carboxylic acids is 2. The highest BCUT2D eigenvalue weighted by atomic mass is 19.1. The van der Waals surface area contributed by atoms with Gasteiger partial charge in [0.1, 0.15) is 18.9 Å². The van der Waals surface area contributed by atoms with Gasteiger partial charge >= 0.3 is 5.97 Å². The molecular formula is C20H24FN2O3+. The molecule has 0 saturated heterocycles. The third-order valence-electron chi connectivity index (χ3n) is 5.02. The number of Topliss-reactive ketones (excluding diaryl/α,β-unsaturated/α-hetero) is 1. The number of ether oxygens (including phenoxy) is 1. The number of esters is 1. The van der Waals surface area contributed by atoms with Crippen LogP contribution in [-0.2, 0) is 11.3 Å². The zero-order chi connectivity index (χ0) is 18.8. The molecule has 2 aromatic rings. The van der Waals surface area contributed by atoms with Crippen LogP contribution in [0, 0.1) is 19.7 Å². The van der Waals surface area contributed by atoms with Crippen molar-refractivity contribution in [2.24, 2.45) is 0 Å². The van der Waals surface area contributed by atoms with Gasteiger partial charge in [0.05, 0.1) is 24.4 Å². The summed E-state index contributed by atoms with van der Waals surface area (Å²) in [5.74, 6) is -0.759. The van der Waals surface area contributed by atoms with E-state index in [4.69, 9.17) is 4.74 Å². The van der Waals surface area contributed by atoms with Crippen molar-refractivity contribution in [2.45, 2.75) is 39.3 Å². The number of H-pyrrole nitrogens is 1. The van der Waals surface area contributed by atoms with Crippen LogP contribution in [0.5, 0.6) is 0 Å². The molecule has 1 aliphatic carbocycles. The van der Waals surface area contributed by atoms with Gasteiger partial charge in [-0.3, -0.25) is 4.79 Å². The predicted octanol–water partition coefficient (Wildman–Crippen LogP) is 1.99. The predicted molar refractivity (Wildman–Crippen MR) is 94.9 cm³/mol. The molecule has 1 heterocycles. The summed E-state index contributed by atoms with van der Waals surface area (Å²) < 4.78 is 18.8. The van der Waals surface area contributed by atoms with Crippen LogP contribution in [0.1, 0.15) is 50.5 Å². The van der Waals surface area contributed by atoms with Crippen molar-refractivity contribution in [3.05, 3.63) is 58.2 Å². The maximum absolute atomic E-state index is 14.0. The Labute approximate surface area is 152 Å². The van der Waals surface area contributed by atoms with Gasteiger partial charge in [0.2, 0.25) is 5.78 Å². The molecule has 1 unspecified atom stereocenters. The minimum Gasteiger partial charge on any atom is -0.465 e. The van der Waals surface area contributed by atoms with E-state index in [9.17, 15) is 14.0 Å². The number of nitrogens with one attached hydrogen (secondary N) is 2. The number of aromatic amines is 1. The van der Waals surface area contributed by atoms with Gasteiger partial charge in [0.25, 0.3) is 0 Å². The first-order chi connectivity index (χ1) is 12.4.